The molecule has 1 aromatic heterocycles. The van der Waals surface area contributed by atoms with Gasteiger partial charge in [-0.1, -0.05) is 6.92 Å². The monoisotopic (exact) mass is 455 g/mol. The zero-order chi connectivity index (χ0) is 23.6. The summed E-state index contributed by atoms with van der Waals surface area (Å²) in [6.45, 7) is 13.8. The highest BCUT2D eigenvalue weighted by atomic mass is 19.1. The molecule has 8 heteroatoms. The van der Waals surface area contributed by atoms with Crippen molar-refractivity contribution in [3.8, 4) is 11.5 Å². The van der Waals surface area contributed by atoms with Crippen LogP contribution in [0.2, 0.25) is 0 Å². The number of aromatic nitrogens is 2. The maximum absolute atomic E-state index is 14.1. The van der Waals surface area contributed by atoms with E-state index in [0.29, 0.717) is 29.3 Å². The van der Waals surface area contributed by atoms with Gasteiger partial charge < -0.3 is 19.4 Å². The number of benzene rings is 1. The molecule has 0 N–H and O–H groups in total. The molecule has 0 atom stereocenters. The molecule has 3 heterocycles. The number of amides is 1. The Morgan fingerprint density at radius 1 is 1.21 bits per heavy atom. The Labute approximate surface area is 195 Å². The van der Waals surface area contributed by atoms with Crippen molar-refractivity contribution in [2.45, 2.75) is 46.6 Å². The molecule has 2 saturated heterocycles. The number of anilines is 1. The van der Waals surface area contributed by atoms with E-state index < -0.39 is 5.82 Å². The predicted molar refractivity (Wildman–Crippen MR) is 126 cm³/mol. The Kier molecular flexibility index (Phi) is 6.83. The average molecular weight is 456 g/mol. The Morgan fingerprint density at radius 3 is 2.58 bits per heavy atom. The summed E-state index contributed by atoms with van der Waals surface area (Å²) >= 11 is 0. The Morgan fingerprint density at radius 2 is 1.94 bits per heavy atom. The van der Waals surface area contributed by atoms with Crippen molar-refractivity contribution in [1.82, 2.24) is 19.8 Å². The summed E-state index contributed by atoms with van der Waals surface area (Å²) in [5.41, 5.74) is 0.538. The lowest BCUT2D eigenvalue weighted by Crippen LogP contribution is -2.60. The Hall–Kier alpha value is -2.74. The predicted octanol–water partition coefficient (Wildman–Crippen LogP) is 4.20. The van der Waals surface area contributed by atoms with E-state index in [1.807, 2.05) is 20.8 Å². The fourth-order valence-electron chi connectivity index (χ4n) is 4.97. The summed E-state index contributed by atoms with van der Waals surface area (Å²) in [6, 6.07) is 4.05. The fraction of sp³-hybridized carbons (Fsp3) is 0.560. The van der Waals surface area contributed by atoms with Gasteiger partial charge in [0.05, 0.1) is 11.8 Å². The largest absolute Gasteiger partial charge is 0.451 e. The molecule has 0 radical (unpaired) electrons. The van der Waals surface area contributed by atoms with E-state index >= 15 is 0 Å². The summed E-state index contributed by atoms with van der Waals surface area (Å²) in [7, 11) is 0. The molecule has 2 fully saturated rings. The van der Waals surface area contributed by atoms with Crippen molar-refractivity contribution in [2.24, 2.45) is 5.41 Å². The van der Waals surface area contributed by atoms with Crippen LogP contribution in [0.3, 0.4) is 0 Å². The van der Waals surface area contributed by atoms with Gasteiger partial charge in [0.2, 0.25) is 0 Å². The van der Waals surface area contributed by atoms with Crippen LogP contribution in [0.1, 0.15) is 50.9 Å². The Bertz CT molecular complexity index is 983. The Balaban J connectivity index is 1.54. The molecule has 0 unspecified atom stereocenters. The molecule has 4 rings (SSSR count). The number of rotatable bonds is 7. The summed E-state index contributed by atoms with van der Waals surface area (Å²) in [6.07, 6.45) is 5.51. The van der Waals surface area contributed by atoms with Crippen molar-refractivity contribution >= 4 is 11.7 Å². The highest BCUT2D eigenvalue weighted by molar-refractivity contribution is 5.97. The number of piperidine rings is 1. The molecule has 2 aromatic rings. The van der Waals surface area contributed by atoms with Crippen LogP contribution in [0.4, 0.5) is 10.2 Å². The first kappa shape index (κ1) is 23.4. The number of likely N-dealkylation sites (tertiary alicyclic amines) is 1. The molecule has 7 nitrogen and oxygen atoms in total. The minimum absolute atomic E-state index is 0.00867. The molecule has 1 spiro atoms. The number of halogens is 1. The first-order valence-electron chi connectivity index (χ1n) is 11.9. The van der Waals surface area contributed by atoms with E-state index in [1.165, 1.54) is 37.4 Å². The zero-order valence-corrected chi connectivity index (χ0v) is 20.1. The van der Waals surface area contributed by atoms with E-state index in [1.54, 1.807) is 11.1 Å². The SMILES string of the molecule is CCN1CCC2(CC1)CN(c1ncncc1Oc1ccc(F)cc1C(=O)N(CC)C(C)C)C2. The van der Waals surface area contributed by atoms with Crippen LogP contribution in [-0.2, 0) is 0 Å². The molecular formula is C25H34FN5O2. The van der Waals surface area contributed by atoms with Crippen LogP contribution in [0.15, 0.2) is 30.7 Å². The summed E-state index contributed by atoms with van der Waals surface area (Å²) < 4.78 is 20.2. The number of nitrogens with zero attached hydrogens (tertiary/aromatic N) is 5. The van der Waals surface area contributed by atoms with Gasteiger partial charge in [0.1, 0.15) is 17.9 Å². The smallest absolute Gasteiger partial charge is 0.257 e. The first-order chi connectivity index (χ1) is 15.9. The lowest BCUT2D eigenvalue weighted by Gasteiger charge is -2.54. The van der Waals surface area contributed by atoms with Gasteiger partial charge in [-0.05, 0) is 71.4 Å². The number of hydrogen-bond donors (Lipinski definition) is 0. The van der Waals surface area contributed by atoms with E-state index in [0.717, 1.165) is 32.7 Å². The standard InChI is InChI=1S/C25H34FN5O2/c1-5-29-11-9-25(10-12-29)15-30(16-25)23-22(14-27-17-28-23)33-21-8-7-19(26)13-20(21)24(32)31(6-2)18(3)4/h7-8,13-14,17-18H,5-6,9-12,15-16H2,1-4H3. The van der Waals surface area contributed by atoms with Crippen LogP contribution in [0, 0.1) is 11.2 Å². The van der Waals surface area contributed by atoms with Gasteiger partial charge in [0.25, 0.3) is 5.91 Å². The minimum Gasteiger partial charge on any atom is -0.451 e. The number of carbonyl (C=O) groups is 1. The molecule has 178 valence electrons. The highest BCUT2D eigenvalue weighted by Crippen LogP contribution is 2.44. The van der Waals surface area contributed by atoms with Gasteiger partial charge in [0, 0.05) is 31.1 Å². The van der Waals surface area contributed by atoms with Crippen molar-refractivity contribution in [1.29, 1.82) is 0 Å². The van der Waals surface area contributed by atoms with Gasteiger partial charge in [-0.25, -0.2) is 14.4 Å². The summed E-state index contributed by atoms with van der Waals surface area (Å²) in [4.78, 5) is 28.2. The lowest BCUT2D eigenvalue weighted by atomic mass is 9.72. The topological polar surface area (TPSA) is 61.8 Å². The van der Waals surface area contributed by atoms with Crippen LogP contribution in [0.25, 0.3) is 0 Å². The second-order valence-electron chi connectivity index (χ2n) is 9.43. The molecule has 2 aliphatic rings. The lowest BCUT2D eigenvalue weighted by molar-refractivity contribution is 0.0713. The molecule has 1 amide bonds. The van der Waals surface area contributed by atoms with E-state index in [4.69, 9.17) is 4.74 Å². The number of hydrogen-bond acceptors (Lipinski definition) is 6. The third kappa shape index (κ3) is 4.81. The van der Waals surface area contributed by atoms with E-state index in [-0.39, 0.29) is 17.5 Å². The normalized spacial score (nSPS) is 17.8. The highest BCUT2D eigenvalue weighted by Gasteiger charge is 2.45. The molecule has 0 aliphatic carbocycles. The van der Waals surface area contributed by atoms with Crippen molar-refractivity contribution < 1.29 is 13.9 Å². The second kappa shape index (κ2) is 9.63. The van der Waals surface area contributed by atoms with Gasteiger partial charge in [-0.2, -0.15) is 0 Å². The third-order valence-corrected chi connectivity index (χ3v) is 6.99. The molecule has 1 aromatic carbocycles. The van der Waals surface area contributed by atoms with Crippen molar-refractivity contribution in [2.75, 3.05) is 44.2 Å². The average Bonchev–Trinajstić information content (AvgIpc) is 2.79. The van der Waals surface area contributed by atoms with E-state index in [9.17, 15) is 9.18 Å². The summed E-state index contributed by atoms with van der Waals surface area (Å²) in [5.74, 6) is 0.770. The van der Waals surface area contributed by atoms with Crippen LogP contribution < -0.4 is 9.64 Å². The fourth-order valence-corrected chi connectivity index (χ4v) is 4.97. The van der Waals surface area contributed by atoms with Crippen LogP contribution in [-0.4, -0.2) is 71.0 Å². The second-order valence-corrected chi connectivity index (χ2v) is 9.43. The quantitative estimate of drug-likeness (QED) is 0.624. The number of ether oxygens (including phenoxy) is 1. The molecule has 33 heavy (non-hydrogen) atoms. The zero-order valence-electron chi connectivity index (χ0n) is 20.1. The van der Waals surface area contributed by atoms with Crippen molar-refractivity contribution in [3.63, 3.8) is 0 Å². The van der Waals surface area contributed by atoms with Crippen LogP contribution >= 0.6 is 0 Å². The van der Waals surface area contributed by atoms with Gasteiger partial charge in [0.15, 0.2) is 11.6 Å². The van der Waals surface area contributed by atoms with Gasteiger partial charge in [-0.3, -0.25) is 4.79 Å². The first-order valence-corrected chi connectivity index (χ1v) is 11.9. The maximum Gasteiger partial charge on any atom is 0.257 e. The third-order valence-electron chi connectivity index (χ3n) is 6.99. The number of carbonyl (C=O) groups excluding carboxylic acids is 1. The molecule has 0 saturated carbocycles. The summed E-state index contributed by atoms with van der Waals surface area (Å²) in [5, 5.41) is 0. The minimum atomic E-state index is -0.474. The van der Waals surface area contributed by atoms with Crippen LogP contribution in [0.5, 0.6) is 11.5 Å². The maximum atomic E-state index is 14.1. The van der Waals surface area contributed by atoms with Gasteiger partial charge >= 0.3 is 0 Å². The molecular weight excluding hydrogens is 421 g/mol. The molecule has 0 bridgehead atoms. The van der Waals surface area contributed by atoms with E-state index in [2.05, 4.69) is 26.7 Å². The van der Waals surface area contributed by atoms with Crippen molar-refractivity contribution in [3.05, 3.63) is 42.1 Å². The van der Waals surface area contributed by atoms with Gasteiger partial charge in [-0.15, -0.1) is 0 Å². The molecule has 2 aliphatic heterocycles.